The standard InChI is InChI=1S/C27H29FN2O5/c1-3-4-15-30-24(31)14-13-22(25(30)21-7-5-6-8-23(21)33-2)27(32)35-17-20-16-34-26(29-20)18-9-11-19(28)12-10-18/h5-12,16,22,25H,3-4,13-15,17H2,1-2H3. The van der Waals surface area contributed by atoms with Crippen molar-refractivity contribution < 1.29 is 27.9 Å². The van der Waals surface area contributed by atoms with Gasteiger partial charge in [0.1, 0.15) is 30.1 Å². The summed E-state index contributed by atoms with van der Waals surface area (Å²) in [6, 6.07) is 12.8. The predicted octanol–water partition coefficient (Wildman–Crippen LogP) is 5.31. The first kappa shape index (κ1) is 24.4. The van der Waals surface area contributed by atoms with Crippen LogP contribution in [0, 0.1) is 11.7 Å². The maximum atomic E-state index is 13.3. The van der Waals surface area contributed by atoms with E-state index in [0.717, 1.165) is 18.4 Å². The highest BCUT2D eigenvalue weighted by Gasteiger charge is 2.42. The zero-order valence-electron chi connectivity index (χ0n) is 19.9. The van der Waals surface area contributed by atoms with E-state index in [1.165, 1.54) is 18.4 Å². The average Bonchev–Trinajstić information content (AvgIpc) is 3.36. The van der Waals surface area contributed by atoms with Crippen molar-refractivity contribution in [3.05, 3.63) is 71.9 Å². The third kappa shape index (κ3) is 5.53. The molecule has 2 heterocycles. The van der Waals surface area contributed by atoms with Crippen molar-refractivity contribution in [2.75, 3.05) is 13.7 Å². The third-order valence-corrected chi connectivity index (χ3v) is 6.22. The van der Waals surface area contributed by atoms with E-state index in [9.17, 15) is 14.0 Å². The van der Waals surface area contributed by atoms with E-state index < -0.39 is 17.9 Å². The molecule has 7 nitrogen and oxygen atoms in total. The van der Waals surface area contributed by atoms with Crippen molar-refractivity contribution in [1.82, 2.24) is 9.88 Å². The highest BCUT2D eigenvalue weighted by atomic mass is 19.1. The molecule has 1 aromatic heterocycles. The molecule has 0 saturated carbocycles. The van der Waals surface area contributed by atoms with E-state index in [0.29, 0.717) is 35.9 Å². The lowest BCUT2D eigenvalue weighted by Crippen LogP contribution is -2.46. The van der Waals surface area contributed by atoms with Crippen LogP contribution in [0.2, 0.25) is 0 Å². The Kier molecular flexibility index (Phi) is 7.80. The number of carbonyl (C=O) groups is 2. The van der Waals surface area contributed by atoms with Crippen molar-refractivity contribution in [2.45, 2.75) is 45.3 Å². The van der Waals surface area contributed by atoms with Crippen molar-refractivity contribution >= 4 is 11.9 Å². The molecule has 1 saturated heterocycles. The van der Waals surface area contributed by atoms with Gasteiger partial charge in [-0.05, 0) is 43.2 Å². The van der Waals surface area contributed by atoms with Crippen molar-refractivity contribution in [1.29, 1.82) is 0 Å². The summed E-state index contributed by atoms with van der Waals surface area (Å²) < 4.78 is 29.9. The van der Waals surface area contributed by atoms with Gasteiger partial charge in [-0.1, -0.05) is 31.5 Å². The lowest BCUT2D eigenvalue weighted by Gasteiger charge is -2.40. The fourth-order valence-electron chi connectivity index (χ4n) is 4.44. The highest BCUT2D eigenvalue weighted by molar-refractivity contribution is 5.82. The number of halogens is 1. The number of nitrogens with zero attached hydrogens (tertiary/aromatic N) is 2. The largest absolute Gasteiger partial charge is 0.496 e. The molecule has 35 heavy (non-hydrogen) atoms. The molecule has 8 heteroatoms. The highest BCUT2D eigenvalue weighted by Crippen LogP contribution is 2.41. The summed E-state index contributed by atoms with van der Waals surface area (Å²) in [5, 5.41) is 0. The molecule has 3 aromatic rings. The number of likely N-dealkylation sites (tertiary alicyclic amines) is 1. The molecule has 184 valence electrons. The second-order valence-corrected chi connectivity index (χ2v) is 8.53. The predicted molar refractivity (Wildman–Crippen MR) is 127 cm³/mol. The van der Waals surface area contributed by atoms with Crippen molar-refractivity contribution in [2.24, 2.45) is 5.92 Å². The maximum absolute atomic E-state index is 13.3. The van der Waals surface area contributed by atoms with Gasteiger partial charge in [0.15, 0.2) is 0 Å². The van der Waals surface area contributed by atoms with E-state index in [4.69, 9.17) is 13.9 Å². The van der Waals surface area contributed by atoms with Crippen LogP contribution in [-0.2, 0) is 20.9 Å². The number of hydrogen-bond acceptors (Lipinski definition) is 6. The second kappa shape index (κ2) is 11.2. The molecule has 2 aromatic carbocycles. The molecule has 1 fully saturated rings. The molecule has 1 aliphatic rings. The number of oxazole rings is 1. The Labute approximate surface area is 203 Å². The number of unbranched alkanes of at least 4 members (excludes halogenated alkanes) is 1. The van der Waals surface area contributed by atoms with Gasteiger partial charge in [-0.2, -0.15) is 0 Å². The van der Waals surface area contributed by atoms with Gasteiger partial charge < -0.3 is 18.8 Å². The fraction of sp³-hybridized carbons (Fsp3) is 0.370. The lowest BCUT2D eigenvalue weighted by atomic mass is 9.83. The second-order valence-electron chi connectivity index (χ2n) is 8.53. The number of esters is 1. The van der Waals surface area contributed by atoms with E-state index in [1.54, 1.807) is 24.1 Å². The molecule has 0 aliphatic carbocycles. The van der Waals surface area contributed by atoms with Gasteiger partial charge in [-0.15, -0.1) is 0 Å². The molecular weight excluding hydrogens is 451 g/mol. The monoisotopic (exact) mass is 480 g/mol. The summed E-state index contributed by atoms with van der Waals surface area (Å²) in [7, 11) is 1.58. The van der Waals surface area contributed by atoms with Crippen LogP contribution in [0.4, 0.5) is 4.39 Å². The van der Waals surface area contributed by atoms with Crippen LogP contribution in [0.3, 0.4) is 0 Å². The van der Waals surface area contributed by atoms with Crippen LogP contribution in [-0.4, -0.2) is 35.4 Å². The van der Waals surface area contributed by atoms with Crippen LogP contribution < -0.4 is 4.74 Å². The Balaban J connectivity index is 1.53. The first-order valence-corrected chi connectivity index (χ1v) is 11.8. The van der Waals surface area contributed by atoms with Gasteiger partial charge in [0.05, 0.1) is 19.1 Å². The summed E-state index contributed by atoms with van der Waals surface area (Å²) in [6.07, 6.45) is 3.86. The number of methoxy groups -OCH3 is 1. The number of piperidine rings is 1. The van der Waals surface area contributed by atoms with E-state index in [-0.39, 0.29) is 24.8 Å². The Morgan fingerprint density at radius 2 is 1.97 bits per heavy atom. The molecule has 2 atom stereocenters. The van der Waals surface area contributed by atoms with E-state index in [2.05, 4.69) is 11.9 Å². The number of amides is 1. The SMILES string of the molecule is CCCCN1C(=O)CCC(C(=O)OCc2coc(-c3ccc(F)cc3)n2)C1c1ccccc1OC. The van der Waals surface area contributed by atoms with Crippen LogP contribution in [0.15, 0.2) is 59.2 Å². The normalized spacial score (nSPS) is 17.9. The summed E-state index contributed by atoms with van der Waals surface area (Å²) in [5.74, 6) is -0.314. The van der Waals surface area contributed by atoms with E-state index in [1.807, 2.05) is 24.3 Å². The first-order chi connectivity index (χ1) is 17.0. The minimum atomic E-state index is -0.538. The minimum absolute atomic E-state index is 0.0267. The van der Waals surface area contributed by atoms with Gasteiger partial charge in [-0.3, -0.25) is 9.59 Å². The van der Waals surface area contributed by atoms with Gasteiger partial charge in [-0.25, -0.2) is 9.37 Å². The Hall–Kier alpha value is -3.68. The topological polar surface area (TPSA) is 81.9 Å². The summed E-state index contributed by atoms with van der Waals surface area (Å²) in [6.45, 7) is 2.56. The van der Waals surface area contributed by atoms with Crippen LogP contribution in [0.1, 0.15) is 49.9 Å². The number of benzene rings is 2. The van der Waals surface area contributed by atoms with Crippen molar-refractivity contribution in [3.63, 3.8) is 0 Å². The van der Waals surface area contributed by atoms with E-state index >= 15 is 0 Å². The molecule has 4 rings (SSSR count). The quantitative estimate of drug-likeness (QED) is 0.386. The van der Waals surface area contributed by atoms with Gasteiger partial charge in [0, 0.05) is 24.1 Å². The zero-order chi connectivity index (χ0) is 24.8. The molecule has 0 N–H and O–H groups in total. The molecule has 0 spiro atoms. The molecule has 1 amide bonds. The number of rotatable bonds is 9. The third-order valence-electron chi connectivity index (χ3n) is 6.22. The van der Waals surface area contributed by atoms with Gasteiger partial charge >= 0.3 is 5.97 Å². The number of para-hydroxylation sites is 1. The van der Waals surface area contributed by atoms with Crippen LogP contribution in [0.25, 0.3) is 11.5 Å². The Bertz CT molecular complexity index is 1160. The Morgan fingerprint density at radius 3 is 2.71 bits per heavy atom. The number of ether oxygens (including phenoxy) is 2. The van der Waals surface area contributed by atoms with Gasteiger partial charge in [0.25, 0.3) is 0 Å². The number of hydrogen-bond donors (Lipinski definition) is 0. The molecular formula is C27H29FN2O5. The first-order valence-electron chi connectivity index (χ1n) is 11.8. The van der Waals surface area contributed by atoms with Gasteiger partial charge in [0.2, 0.25) is 11.8 Å². The summed E-state index contributed by atoms with van der Waals surface area (Å²) in [4.78, 5) is 32.3. The average molecular weight is 481 g/mol. The summed E-state index contributed by atoms with van der Waals surface area (Å²) >= 11 is 0. The smallest absolute Gasteiger partial charge is 0.311 e. The molecule has 0 radical (unpaired) electrons. The fourth-order valence-corrected chi connectivity index (χ4v) is 4.44. The lowest BCUT2D eigenvalue weighted by molar-refractivity contribution is -0.158. The number of aromatic nitrogens is 1. The van der Waals surface area contributed by atoms with Crippen LogP contribution in [0.5, 0.6) is 5.75 Å². The molecule has 0 bridgehead atoms. The summed E-state index contributed by atoms with van der Waals surface area (Å²) in [5.41, 5.74) is 1.86. The zero-order valence-corrected chi connectivity index (χ0v) is 19.9. The molecule has 2 unspecified atom stereocenters. The van der Waals surface area contributed by atoms with Crippen LogP contribution >= 0.6 is 0 Å². The Morgan fingerprint density at radius 1 is 1.20 bits per heavy atom. The van der Waals surface area contributed by atoms with Crippen molar-refractivity contribution in [3.8, 4) is 17.2 Å². The minimum Gasteiger partial charge on any atom is -0.496 e. The number of carbonyl (C=O) groups excluding carboxylic acids is 2. The molecule has 1 aliphatic heterocycles. The maximum Gasteiger partial charge on any atom is 0.311 e.